The van der Waals surface area contributed by atoms with Gasteiger partial charge in [0.25, 0.3) is 0 Å². The van der Waals surface area contributed by atoms with Gasteiger partial charge >= 0.3 is 5.97 Å². The van der Waals surface area contributed by atoms with Crippen molar-refractivity contribution >= 4 is 40.7 Å². The molecule has 1 aromatic heterocycles. The molecule has 144 valence electrons. The highest BCUT2D eigenvalue weighted by atomic mass is 35.5. The molecule has 0 aliphatic carbocycles. The number of carbonyl (C=O) groups is 1. The van der Waals surface area contributed by atoms with Gasteiger partial charge in [0.15, 0.2) is 5.43 Å². The molecule has 28 heavy (non-hydrogen) atoms. The summed E-state index contributed by atoms with van der Waals surface area (Å²) in [4.78, 5) is 24.4. The van der Waals surface area contributed by atoms with Crippen LogP contribution in [0.1, 0.15) is 17.3 Å². The Bertz CT molecular complexity index is 1130. The average Bonchev–Trinajstić information content (AvgIpc) is 2.65. The van der Waals surface area contributed by atoms with Crippen LogP contribution < -0.4 is 10.7 Å². The summed E-state index contributed by atoms with van der Waals surface area (Å²) in [7, 11) is 0. The Balaban J connectivity index is 2.30. The topological polar surface area (TPSA) is 71.3 Å². The van der Waals surface area contributed by atoms with Crippen LogP contribution in [-0.2, 0) is 6.54 Å². The van der Waals surface area contributed by atoms with E-state index < -0.39 is 22.8 Å². The predicted molar refractivity (Wildman–Crippen MR) is 108 cm³/mol. The van der Waals surface area contributed by atoms with E-state index >= 15 is 0 Å². The normalized spacial score (nSPS) is 10.7. The van der Waals surface area contributed by atoms with Gasteiger partial charge < -0.3 is 15.0 Å². The fourth-order valence-electron chi connectivity index (χ4n) is 2.93. The lowest BCUT2D eigenvalue weighted by Gasteiger charge is -2.21. The second-order valence-corrected chi connectivity index (χ2v) is 6.71. The Labute approximate surface area is 170 Å². The van der Waals surface area contributed by atoms with Crippen LogP contribution in [-0.4, -0.2) is 15.6 Å². The lowest BCUT2D eigenvalue weighted by Crippen LogP contribution is -2.22. The average molecular weight is 421 g/mol. The number of nitrogens with zero attached hydrogens (tertiary/aromatic N) is 1. The third kappa shape index (κ3) is 3.74. The SMILES string of the molecule is CCn1c(Nc2ccccc2F)cc(=O)c(C(=O)O)c1-c1ccc(Cl)c(Cl)c1. The Hall–Kier alpha value is -2.83. The molecule has 0 aliphatic rings. The molecule has 0 amide bonds. The van der Waals surface area contributed by atoms with Gasteiger partial charge in [-0.05, 0) is 31.2 Å². The van der Waals surface area contributed by atoms with Gasteiger partial charge in [-0.2, -0.15) is 0 Å². The standard InChI is InChI=1S/C20H15Cl2FN2O3/c1-2-25-17(24-15-6-4-3-5-14(15)23)10-16(26)18(20(27)28)19(25)11-7-8-12(21)13(22)9-11/h3-10,24H,2H2,1H3,(H,27,28). The molecule has 0 atom stereocenters. The highest BCUT2D eigenvalue weighted by Crippen LogP contribution is 2.32. The number of halogens is 3. The van der Waals surface area contributed by atoms with Gasteiger partial charge in [-0.3, -0.25) is 4.79 Å². The summed E-state index contributed by atoms with van der Waals surface area (Å²) >= 11 is 12.0. The number of pyridine rings is 1. The van der Waals surface area contributed by atoms with Crippen molar-refractivity contribution in [3.8, 4) is 11.3 Å². The van der Waals surface area contributed by atoms with Crippen molar-refractivity contribution in [1.29, 1.82) is 0 Å². The van der Waals surface area contributed by atoms with Gasteiger partial charge in [0.05, 0.1) is 21.4 Å². The fourth-order valence-corrected chi connectivity index (χ4v) is 3.23. The molecule has 0 unspecified atom stereocenters. The largest absolute Gasteiger partial charge is 0.477 e. The minimum atomic E-state index is -1.37. The summed E-state index contributed by atoms with van der Waals surface area (Å²) in [6.07, 6.45) is 0. The molecule has 0 saturated heterocycles. The van der Waals surface area contributed by atoms with Crippen LogP contribution in [0.2, 0.25) is 10.0 Å². The lowest BCUT2D eigenvalue weighted by molar-refractivity contribution is 0.0695. The number of nitrogens with one attached hydrogen (secondary N) is 1. The quantitative estimate of drug-likeness (QED) is 0.577. The minimum Gasteiger partial charge on any atom is -0.477 e. The molecule has 3 rings (SSSR count). The van der Waals surface area contributed by atoms with E-state index in [0.29, 0.717) is 17.1 Å². The van der Waals surface area contributed by atoms with Crippen molar-refractivity contribution < 1.29 is 14.3 Å². The van der Waals surface area contributed by atoms with Crippen LogP contribution in [0.5, 0.6) is 0 Å². The Morgan fingerprint density at radius 2 is 1.86 bits per heavy atom. The van der Waals surface area contributed by atoms with Crippen molar-refractivity contribution in [2.24, 2.45) is 0 Å². The van der Waals surface area contributed by atoms with Crippen LogP contribution >= 0.6 is 23.2 Å². The Morgan fingerprint density at radius 1 is 1.14 bits per heavy atom. The highest BCUT2D eigenvalue weighted by molar-refractivity contribution is 6.42. The zero-order valence-electron chi connectivity index (χ0n) is 14.7. The molecule has 5 nitrogen and oxygen atoms in total. The number of carboxylic acid groups (broad SMARTS) is 1. The van der Waals surface area contributed by atoms with Gasteiger partial charge in [-0.25, -0.2) is 9.18 Å². The molecular weight excluding hydrogens is 406 g/mol. The van der Waals surface area contributed by atoms with E-state index in [-0.39, 0.29) is 22.2 Å². The van der Waals surface area contributed by atoms with Crippen molar-refractivity contribution in [3.63, 3.8) is 0 Å². The zero-order chi connectivity index (χ0) is 20.4. The molecule has 3 aromatic rings. The van der Waals surface area contributed by atoms with Crippen LogP contribution in [0.3, 0.4) is 0 Å². The molecule has 0 saturated carbocycles. The zero-order valence-corrected chi connectivity index (χ0v) is 16.2. The predicted octanol–water partition coefficient (Wildman–Crippen LogP) is 5.42. The summed E-state index contributed by atoms with van der Waals surface area (Å²) < 4.78 is 15.6. The first-order valence-electron chi connectivity index (χ1n) is 8.31. The van der Waals surface area contributed by atoms with Crippen molar-refractivity contribution in [2.75, 3.05) is 5.32 Å². The van der Waals surface area contributed by atoms with E-state index in [1.807, 2.05) is 0 Å². The molecular formula is C20H15Cl2FN2O3. The summed E-state index contributed by atoms with van der Waals surface area (Å²) in [5, 5.41) is 13.0. The molecule has 0 bridgehead atoms. The Morgan fingerprint density at radius 3 is 2.46 bits per heavy atom. The first-order valence-corrected chi connectivity index (χ1v) is 9.07. The number of anilines is 2. The number of benzene rings is 2. The molecule has 0 spiro atoms. The van der Waals surface area contributed by atoms with E-state index in [2.05, 4.69) is 5.32 Å². The van der Waals surface area contributed by atoms with Crippen LogP contribution in [0.4, 0.5) is 15.9 Å². The smallest absolute Gasteiger partial charge is 0.341 e. The van der Waals surface area contributed by atoms with Gasteiger partial charge in [0.2, 0.25) is 0 Å². The van der Waals surface area contributed by atoms with Gasteiger partial charge in [0, 0.05) is 18.2 Å². The molecule has 0 aliphatic heterocycles. The first kappa shape index (κ1) is 19.9. The number of rotatable bonds is 5. The molecule has 2 N–H and O–H groups in total. The molecule has 8 heteroatoms. The number of para-hydroxylation sites is 1. The number of hydrogen-bond acceptors (Lipinski definition) is 3. The number of carboxylic acids is 1. The van der Waals surface area contributed by atoms with Gasteiger partial charge in [0.1, 0.15) is 17.2 Å². The fraction of sp³-hybridized carbons (Fsp3) is 0.100. The molecule has 2 aromatic carbocycles. The number of aromatic carboxylic acids is 1. The minimum absolute atomic E-state index is 0.153. The van der Waals surface area contributed by atoms with Gasteiger partial charge in [-0.1, -0.05) is 41.4 Å². The summed E-state index contributed by atoms with van der Waals surface area (Å²) in [6, 6.07) is 11.7. The van der Waals surface area contributed by atoms with Crippen LogP contribution in [0.15, 0.2) is 53.3 Å². The second kappa shape index (κ2) is 8.04. The Kier molecular flexibility index (Phi) is 5.72. The van der Waals surface area contributed by atoms with Crippen molar-refractivity contribution in [1.82, 2.24) is 4.57 Å². The van der Waals surface area contributed by atoms with E-state index in [0.717, 1.165) is 6.07 Å². The third-order valence-electron chi connectivity index (χ3n) is 4.17. The number of hydrogen-bond donors (Lipinski definition) is 2. The van der Waals surface area contributed by atoms with E-state index in [9.17, 15) is 19.1 Å². The van der Waals surface area contributed by atoms with Gasteiger partial charge in [-0.15, -0.1) is 0 Å². The number of aromatic nitrogens is 1. The van der Waals surface area contributed by atoms with Crippen LogP contribution in [0.25, 0.3) is 11.3 Å². The van der Waals surface area contributed by atoms with E-state index in [1.54, 1.807) is 29.7 Å². The van der Waals surface area contributed by atoms with E-state index in [4.69, 9.17) is 23.2 Å². The second-order valence-electron chi connectivity index (χ2n) is 5.90. The lowest BCUT2D eigenvalue weighted by atomic mass is 10.0. The molecule has 1 heterocycles. The maximum absolute atomic E-state index is 14.1. The highest BCUT2D eigenvalue weighted by Gasteiger charge is 2.22. The summed E-state index contributed by atoms with van der Waals surface area (Å²) in [6.45, 7) is 2.09. The van der Waals surface area contributed by atoms with Crippen molar-refractivity contribution in [2.45, 2.75) is 13.5 Å². The van der Waals surface area contributed by atoms with Crippen LogP contribution in [0, 0.1) is 5.82 Å². The molecule has 0 radical (unpaired) electrons. The maximum Gasteiger partial charge on any atom is 0.341 e. The summed E-state index contributed by atoms with van der Waals surface area (Å²) in [5.41, 5.74) is -0.397. The van der Waals surface area contributed by atoms with E-state index in [1.165, 1.54) is 24.3 Å². The monoisotopic (exact) mass is 420 g/mol. The molecule has 0 fully saturated rings. The third-order valence-corrected chi connectivity index (χ3v) is 4.91. The first-order chi connectivity index (χ1) is 13.3. The van der Waals surface area contributed by atoms with Crippen molar-refractivity contribution in [3.05, 3.63) is 80.2 Å². The maximum atomic E-state index is 14.1. The summed E-state index contributed by atoms with van der Waals surface area (Å²) in [5.74, 6) is -1.62.